The van der Waals surface area contributed by atoms with E-state index in [1.165, 1.54) is 0 Å². The van der Waals surface area contributed by atoms with Gasteiger partial charge < -0.3 is 14.5 Å². The van der Waals surface area contributed by atoms with Crippen LogP contribution in [0.4, 0.5) is 0 Å². The van der Waals surface area contributed by atoms with Crippen molar-refractivity contribution in [2.45, 2.75) is 26.5 Å². The number of fused-ring (bicyclic) bond motifs is 3. The third kappa shape index (κ3) is 3.69. The molecule has 1 N–H and O–H groups in total. The number of rotatable bonds is 5. The van der Waals surface area contributed by atoms with Gasteiger partial charge in [-0.15, -0.1) is 0 Å². The summed E-state index contributed by atoms with van der Waals surface area (Å²) in [6.07, 6.45) is 2.65. The number of hydrogen-bond donors (Lipinski definition) is 1. The van der Waals surface area contributed by atoms with Gasteiger partial charge in [0.15, 0.2) is 6.10 Å². The van der Waals surface area contributed by atoms with Crippen LogP contribution < -0.4 is 15.7 Å². The molecule has 0 fully saturated rings. The summed E-state index contributed by atoms with van der Waals surface area (Å²) in [6, 6.07) is 14.7. The van der Waals surface area contributed by atoms with Gasteiger partial charge in [0, 0.05) is 29.9 Å². The average molecular weight is 388 g/mol. The number of carbonyl (C=O) groups is 1. The van der Waals surface area contributed by atoms with Crippen molar-refractivity contribution in [2.75, 3.05) is 0 Å². The lowest BCUT2D eigenvalue weighted by molar-refractivity contribution is -0.127. The number of aryl methyl sites for hydroxylation is 1. The molecule has 4 rings (SSSR count). The van der Waals surface area contributed by atoms with Crippen molar-refractivity contribution >= 4 is 27.6 Å². The summed E-state index contributed by atoms with van der Waals surface area (Å²) in [5.41, 5.74) is 1.71. The quantitative estimate of drug-likeness (QED) is 0.416. The third-order valence-electron chi connectivity index (χ3n) is 4.88. The molecule has 0 saturated heterocycles. The van der Waals surface area contributed by atoms with E-state index in [2.05, 4.69) is 10.3 Å². The summed E-state index contributed by atoms with van der Waals surface area (Å²) >= 11 is 0. The van der Waals surface area contributed by atoms with Crippen LogP contribution in [0.2, 0.25) is 0 Å². The summed E-state index contributed by atoms with van der Waals surface area (Å²) in [5, 5.41) is 5.05. The van der Waals surface area contributed by atoms with Crippen molar-refractivity contribution in [2.24, 2.45) is 0 Å². The van der Waals surface area contributed by atoms with Crippen LogP contribution in [0.15, 0.2) is 70.1 Å². The summed E-state index contributed by atoms with van der Waals surface area (Å²) < 4.78 is 11.4. The third-order valence-corrected chi connectivity index (χ3v) is 4.88. The molecule has 1 amide bonds. The molecule has 146 valence electrons. The van der Waals surface area contributed by atoms with E-state index in [4.69, 9.17) is 9.15 Å². The van der Waals surface area contributed by atoms with Crippen LogP contribution in [0.3, 0.4) is 0 Å². The second-order valence-electron chi connectivity index (χ2n) is 6.83. The molecule has 1 atom stereocenters. The molecule has 0 aliphatic carbocycles. The van der Waals surface area contributed by atoms with Crippen molar-refractivity contribution < 1.29 is 13.9 Å². The molecule has 0 saturated carbocycles. The summed E-state index contributed by atoms with van der Waals surface area (Å²) in [7, 11) is 0. The Morgan fingerprint density at radius 3 is 2.55 bits per heavy atom. The van der Waals surface area contributed by atoms with Crippen LogP contribution in [-0.2, 0) is 11.3 Å². The minimum Gasteiger partial charge on any atom is -0.480 e. The van der Waals surface area contributed by atoms with Crippen LogP contribution in [0, 0.1) is 6.92 Å². The molecule has 0 spiro atoms. The Balaban J connectivity index is 1.57. The number of benzene rings is 2. The lowest BCUT2D eigenvalue weighted by atomic mass is 10.0. The average Bonchev–Trinajstić information content (AvgIpc) is 2.75. The second-order valence-corrected chi connectivity index (χ2v) is 6.83. The molecule has 0 bridgehead atoms. The number of nitrogens with zero attached hydrogens (tertiary/aromatic N) is 1. The van der Waals surface area contributed by atoms with Gasteiger partial charge in [-0.1, -0.05) is 18.2 Å². The van der Waals surface area contributed by atoms with Gasteiger partial charge in [-0.05, 0) is 55.1 Å². The van der Waals surface area contributed by atoms with Gasteiger partial charge in [-0.2, -0.15) is 0 Å². The molecule has 2 aromatic heterocycles. The van der Waals surface area contributed by atoms with Gasteiger partial charge >= 0.3 is 5.63 Å². The van der Waals surface area contributed by atoms with E-state index in [9.17, 15) is 9.59 Å². The van der Waals surface area contributed by atoms with Crippen molar-refractivity contribution in [3.05, 3.63) is 82.5 Å². The first-order valence-electron chi connectivity index (χ1n) is 9.33. The number of carbonyl (C=O) groups excluding carboxylic acids is 1. The van der Waals surface area contributed by atoms with Gasteiger partial charge in [0.1, 0.15) is 11.3 Å². The lowest BCUT2D eigenvalue weighted by Gasteiger charge is -2.17. The molecule has 0 aliphatic rings. The Hall–Kier alpha value is -3.67. The topological polar surface area (TPSA) is 81.4 Å². The maximum absolute atomic E-state index is 12.4. The predicted octanol–water partition coefficient (Wildman–Crippen LogP) is 3.73. The van der Waals surface area contributed by atoms with Gasteiger partial charge in [-0.3, -0.25) is 9.78 Å². The largest absolute Gasteiger partial charge is 0.480 e. The second kappa shape index (κ2) is 7.75. The fraction of sp³-hybridized carbons (Fsp3) is 0.174. The molecular weight excluding hydrogens is 368 g/mol. The maximum atomic E-state index is 12.4. The number of nitrogens with one attached hydrogen (secondary N) is 1. The molecule has 2 heterocycles. The normalized spacial score (nSPS) is 12.1. The summed E-state index contributed by atoms with van der Waals surface area (Å²) in [4.78, 5) is 28.7. The van der Waals surface area contributed by atoms with Gasteiger partial charge in [-0.25, -0.2) is 4.79 Å². The van der Waals surface area contributed by atoms with Crippen molar-refractivity contribution in [1.82, 2.24) is 10.3 Å². The van der Waals surface area contributed by atoms with Crippen molar-refractivity contribution in [3.63, 3.8) is 0 Å². The van der Waals surface area contributed by atoms with Crippen LogP contribution in [0.25, 0.3) is 21.7 Å². The summed E-state index contributed by atoms with van der Waals surface area (Å²) in [6.45, 7) is 3.89. The van der Waals surface area contributed by atoms with Gasteiger partial charge in [0.05, 0.1) is 5.39 Å². The molecule has 0 aliphatic heterocycles. The first kappa shape index (κ1) is 18.7. The van der Waals surface area contributed by atoms with Crippen LogP contribution in [-0.4, -0.2) is 17.0 Å². The highest BCUT2D eigenvalue weighted by atomic mass is 16.5. The molecular formula is C23H20N2O4. The Morgan fingerprint density at radius 2 is 1.79 bits per heavy atom. The standard InChI is InChI=1S/C23H20N2O4/c1-14-20(28-15(2)22(26)25-13-16-9-11-24-12-10-16)8-7-18-17-5-3-4-6-19(17)23(27)29-21(14)18/h3-12,15H,13H2,1-2H3,(H,25,26)/t15-/m0/s1. The van der Waals surface area contributed by atoms with Crippen LogP contribution in [0.5, 0.6) is 5.75 Å². The highest BCUT2D eigenvalue weighted by molar-refractivity contribution is 6.05. The van der Waals surface area contributed by atoms with E-state index in [1.54, 1.807) is 31.5 Å². The van der Waals surface area contributed by atoms with Crippen molar-refractivity contribution in [3.8, 4) is 5.75 Å². The fourth-order valence-corrected chi connectivity index (χ4v) is 3.27. The Kier molecular flexibility index (Phi) is 4.99. The first-order valence-corrected chi connectivity index (χ1v) is 9.33. The zero-order chi connectivity index (χ0) is 20.4. The molecule has 4 aromatic rings. The van der Waals surface area contributed by atoms with Crippen LogP contribution >= 0.6 is 0 Å². The molecule has 6 nitrogen and oxygen atoms in total. The number of pyridine rings is 1. The molecule has 6 heteroatoms. The van der Waals surface area contributed by atoms with E-state index in [0.717, 1.165) is 16.3 Å². The number of aromatic nitrogens is 1. The number of amides is 1. The Bertz CT molecular complexity index is 1250. The van der Waals surface area contributed by atoms with E-state index < -0.39 is 11.7 Å². The fourth-order valence-electron chi connectivity index (χ4n) is 3.27. The first-order chi connectivity index (χ1) is 14.0. The Morgan fingerprint density at radius 1 is 1.07 bits per heavy atom. The maximum Gasteiger partial charge on any atom is 0.344 e. The van der Waals surface area contributed by atoms with Gasteiger partial charge in [0.25, 0.3) is 5.91 Å². The zero-order valence-electron chi connectivity index (χ0n) is 16.1. The molecule has 2 aromatic carbocycles. The van der Waals surface area contributed by atoms with E-state index >= 15 is 0 Å². The Labute approximate surface area is 167 Å². The minimum absolute atomic E-state index is 0.235. The molecule has 0 unspecified atom stereocenters. The van der Waals surface area contributed by atoms with E-state index in [1.807, 2.05) is 43.3 Å². The monoisotopic (exact) mass is 388 g/mol. The van der Waals surface area contributed by atoms with E-state index in [-0.39, 0.29) is 5.91 Å². The zero-order valence-corrected chi connectivity index (χ0v) is 16.1. The predicted molar refractivity (Wildman–Crippen MR) is 111 cm³/mol. The molecule has 29 heavy (non-hydrogen) atoms. The smallest absolute Gasteiger partial charge is 0.344 e. The SMILES string of the molecule is Cc1c(O[C@@H](C)C(=O)NCc2ccncc2)ccc2c1oc(=O)c1ccccc12. The highest BCUT2D eigenvalue weighted by Crippen LogP contribution is 2.31. The number of ether oxygens (including phenoxy) is 1. The highest BCUT2D eigenvalue weighted by Gasteiger charge is 2.18. The molecule has 0 radical (unpaired) electrons. The van der Waals surface area contributed by atoms with E-state index in [0.29, 0.717) is 28.8 Å². The summed E-state index contributed by atoms with van der Waals surface area (Å²) in [5.74, 6) is 0.267. The van der Waals surface area contributed by atoms with Crippen molar-refractivity contribution in [1.29, 1.82) is 0 Å². The van der Waals surface area contributed by atoms with Crippen LogP contribution in [0.1, 0.15) is 18.1 Å². The minimum atomic E-state index is -0.708. The lowest BCUT2D eigenvalue weighted by Crippen LogP contribution is -2.36. The van der Waals surface area contributed by atoms with Gasteiger partial charge in [0.2, 0.25) is 0 Å². The number of hydrogen-bond acceptors (Lipinski definition) is 5.